The van der Waals surface area contributed by atoms with E-state index in [1.54, 1.807) is 38.4 Å². The summed E-state index contributed by atoms with van der Waals surface area (Å²) in [4.78, 5) is 144. The number of carbonyl (C=O) groups excluding carboxylic acids is 9. The van der Waals surface area contributed by atoms with Gasteiger partial charge in [-0.3, -0.25) is 68.1 Å². The zero-order valence-corrected chi connectivity index (χ0v) is 84.1. The van der Waals surface area contributed by atoms with Gasteiger partial charge in [0.2, 0.25) is 23.6 Å². The van der Waals surface area contributed by atoms with E-state index in [-0.39, 0.29) is 92.8 Å². The van der Waals surface area contributed by atoms with Crippen LogP contribution in [0.1, 0.15) is 215 Å². The number of likely N-dealkylation sites (N-methyl/N-ethyl adjacent to an activating group) is 2. The largest absolute Gasteiger partial charge is 0.508 e. The van der Waals surface area contributed by atoms with Gasteiger partial charge in [0, 0.05) is 166 Å². The van der Waals surface area contributed by atoms with Gasteiger partial charge in [-0.25, -0.2) is 10.9 Å². The topological polar surface area (TPSA) is 354 Å². The number of alkyl halides is 1. The summed E-state index contributed by atoms with van der Waals surface area (Å²) < 4.78 is 22.3. The first-order valence-corrected chi connectivity index (χ1v) is 49.5. The molecule has 6 amide bonds. The Labute approximate surface area is 807 Å². The third-order valence-corrected chi connectivity index (χ3v) is 26.5. The molecular formula is C106H147ClN14O15. The van der Waals surface area contributed by atoms with E-state index in [0.717, 1.165) is 109 Å². The molecule has 4 aromatic heterocycles. The molecule has 5 aliphatic rings. The maximum atomic E-state index is 14.6. The molecule has 0 aliphatic carbocycles. The maximum absolute atomic E-state index is 14.6. The molecular weight excluding hydrogens is 1740 g/mol. The van der Waals surface area contributed by atoms with Crippen molar-refractivity contribution in [3.63, 3.8) is 0 Å². The number of rotatable bonds is 28. The van der Waals surface area contributed by atoms with Crippen LogP contribution in [0.4, 0.5) is 0 Å². The Morgan fingerprint density at radius 3 is 1.36 bits per heavy atom. The van der Waals surface area contributed by atoms with E-state index in [1.807, 2.05) is 76.5 Å². The minimum Gasteiger partial charge on any atom is -0.508 e. The summed E-state index contributed by atoms with van der Waals surface area (Å²) in [6, 6.07) is 25.7. The molecule has 0 unspecified atom stereocenters. The highest BCUT2D eigenvalue weighted by Gasteiger charge is 2.42. The van der Waals surface area contributed by atoms with Crippen LogP contribution < -0.4 is 21.5 Å². The Hall–Kier alpha value is -11.1. The van der Waals surface area contributed by atoms with Crippen molar-refractivity contribution in [2.24, 2.45) is 27.7 Å². The van der Waals surface area contributed by atoms with Gasteiger partial charge >= 0.3 is 11.9 Å². The third-order valence-electron chi connectivity index (χ3n) is 26.3. The van der Waals surface area contributed by atoms with Crippen LogP contribution in [0, 0.1) is 22.7 Å². The number of hydrazine groups is 2. The number of pyridine rings is 2. The smallest absolute Gasteiger partial charge is 0.324 e. The summed E-state index contributed by atoms with van der Waals surface area (Å²) in [5.74, 6) is -2.82. The number of cyclic esters (lactones) is 2. The fourth-order valence-electron chi connectivity index (χ4n) is 19.3. The molecule has 0 saturated carbocycles. The van der Waals surface area contributed by atoms with E-state index in [4.69, 9.17) is 40.9 Å². The highest BCUT2D eigenvalue weighted by Crippen LogP contribution is 2.45. The fourth-order valence-corrected chi connectivity index (χ4v) is 19.5. The van der Waals surface area contributed by atoms with E-state index in [1.165, 1.54) is 39.5 Å². The number of aliphatic imine (C=N–C) groups is 1. The van der Waals surface area contributed by atoms with Gasteiger partial charge in [-0.05, 0) is 233 Å². The SMILES string of the molecule is CCN(CC)CC.CCc1ncccc1-c1c2c3cc(ccc3n1CC)-c1cc(O)cc(c1)C[C@H](NC(=O)[C@H](C(C)C)N(C)C(=O)CCCC(=O)CCCCl)C(=O)N1CCC[C@H](N1)C(=O)OCC(C)(C)C2.CCc1ncccc1-c1c2c3cc(ccc3n1CC)-c1cc(O)cc(c1)C[C@H](NC(=O)[C@H](C(C)C)N(C)C(=O)CCCC1=NCCO1)C(=O)N1CCC[C@H](N1)C(=O)OCC(C)(C)C2.CO. The number of hydrogen-bond donors (Lipinski definition) is 7. The number of ether oxygens (including phenoxy) is 3. The minimum absolute atomic E-state index is 0.00100. The molecule has 4 aromatic carbocycles. The molecule has 5 aliphatic heterocycles. The molecule has 6 atom stereocenters. The number of phenols is 2. The molecule has 0 spiro atoms. The Bertz CT molecular complexity index is 5520. The van der Waals surface area contributed by atoms with Crippen LogP contribution >= 0.6 is 11.6 Å². The maximum Gasteiger partial charge on any atom is 0.324 e. The van der Waals surface area contributed by atoms with E-state index in [2.05, 4.69) is 153 Å². The summed E-state index contributed by atoms with van der Waals surface area (Å²) in [6.45, 7) is 37.8. The van der Waals surface area contributed by atoms with Crippen molar-refractivity contribution >= 4 is 92.5 Å². The number of benzene rings is 4. The predicted molar refractivity (Wildman–Crippen MR) is 534 cm³/mol. The van der Waals surface area contributed by atoms with Crippen molar-refractivity contribution in [3.05, 3.63) is 143 Å². The van der Waals surface area contributed by atoms with Gasteiger partial charge in [0.15, 0.2) is 5.90 Å². The number of ketones is 1. The molecule has 29 nitrogen and oxygen atoms in total. The molecule has 738 valence electrons. The molecule has 13 rings (SSSR count). The summed E-state index contributed by atoms with van der Waals surface area (Å²) in [5, 5.41) is 40.4. The Balaban J connectivity index is 0.000000258. The number of hydrogen-bond acceptors (Lipinski definition) is 21. The number of aliphatic hydroxyl groups is 1. The van der Waals surface area contributed by atoms with Crippen molar-refractivity contribution in [1.82, 2.24) is 65.3 Å². The molecule has 2 saturated heterocycles. The van der Waals surface area contributed by atoms with Crippen molar-refractivity contribution in [2.45, 2.75) is 269 Å². The molecule has 2 fully saturated rings. The molecule has 30 heteroatoms. The second kappa shape index (κ2) is 49.8. The first-order valence-electron chi connectivity index (χ1n) is 48.9. The van der Waals surface area contributed by atoms with Gasteiger partial charge in [0.05, 0.1) is 31.1 Å². The molecule has 12 bridgehead atoms. The van der Waals surface area contributed by atoms with Crippen LogP contribution in [0.15, 0.2) is 114 Å². The van der Waals surface area contributed by atoms with Gasteiger partial charge in [0.25, 0.3) is 11.8 Å². The van der Waals surface area contributed by atoms with E-state index in [0.29, 0.717) is 126 Å². The average molecular weight is 1890 g/mol. The first kappa shape index (κ1) is 107. The number of aryl methyl sites for hydroxylation is 4. The number of amides is 6. The standard InChI is InChI=1S/C50H65ClN6O7.C49H63N7O7.C6H15N.CH4O/c1-8-40-37(16-12-22-52-40)46-39-29-50(5,6)30-64-49(63)41-17-13-23-57(54-41)48(62)42(53-47(61)45(31(3)4)55(7)44(60)18-10-14-35(58)15-11-21-51)26-32-24-34(27-36(59)25-32)33-19-20-43(38(39)28-33)56(46)9-2;1-8-38-35(13-11-19-50-38)45-37-28-49(5,6)29-63-48(61)39-14-12-21-56(53-39)47(60)40(52-46(59)44(30(3)4)54(7)43(58)16-10-15-42-51-20-22-62-42)25-31-23-33(26-34(57)24-31)32-17-18-41(36(37)27-32)55(45)9-2;1-4-7(5-2)6-3;1-2/h12,16,19-20,22,24-25,27-28,31,41-42,45,54,59H,8-11,13-15,17-18,21,23,26,29-30H2,1-7H3,(H,53,61);11,13,17-19,23-24,26-27,30,39-40,44,53,57H,8-10,12,14-16,20-22,25,28-29H2,1-7H3,(H,52,59);4-6H2,1-3H3;2H,1H3/t41-,42-,45-;39-,40-,44-;;/m00../s1. The van der Waals surface area contributed by atoms with Crippen LogP contribution in [0.2, 0.25) is 0 Å². The lowest BCUT2D eigenvalue weighted by atomic mass is 9.84. The van der Waals surface area contributed by atoms with Crippen molar-refractivity contribution in [2.75, 3.05) is 86.2 Å². The van der Waals surface area contributed by atoms with Crippen molar-refractivity contribution in [3.8, 4) is 56.3 Å². The molecule has 8 aromatic rings. The molecule has 136 heavy (non-hydrogen) atoms. The third kappa shape index (κ3) is 27.0. The second-order valence-electron chi connectivity index (χ2n) is 38.3. The van der Waals surface area contributed by atoms with Crippen LogP contribution in [-0.4, -0.2) is 241 Å². The molecule has 0 radical (unpaired) electrons. The Morgan fingerprint density at radius 2 is 0.978 bits per heavy atom. The predicted octanol–water partition coefficient (Wildman–Crippen LogP) is 14.9. The number of Topliss-reactive ketones (excluding diaryl/α,β-unsaturated/α-hetero) is 1. The van der Waals surface area contributed by atoms with Gasteiger partial charge < -0.3 is 64.0 Å². The highest BCUT2D eigenvalue weighted by molar-refractivity contribution is 6.18. The zero-order valence-electron chi connectivity index (χ0n) is 83.3. The van der Waals surface area contributed by atoms with E-state index < -0.39 is 82.6 Å². The monoisotopic (exact) mass is 1890 g/mol. The van der Waals surface area contributed by atoms with Crippen LogP contribution in [0.25, 0.3) is 66.6 Å². The van der Waals surface area contributed by atoms with Gasteiger partial charge in [-0.2, -0.15) is 0 Å². The summed E-state index contributed by atoms with van der Waals surface area (Å²) in [5.41, 5.74) is 20.3. The van der Waals surface area contributed by atoms with Gasteiger partial charge in [-0.1, -0.05) is 114 Å². The number of fused-ring (bicyclic) bond motifs is 12. The lowest BCUT2D eigenvalue weighted by Crippen LogP contribution is -2.62. The van der Waals surface area contributed by atoms with E-state index >= 15 is 0 Å². The molecule has 7 N–H and O–H groups in total. The molecule has 9 heterocycles. The van der Waals surface area contributed by atoms with Crippen molar-refractivity contribution in [1.29, 1.82) is 0 Å². The Morgan fingerprint density at radius 1 is 0.551 bits per heavy atom. The number of aromatic nitrogens is 4. The highest BCUT2D eigenvalue weighted by atomic mass is 35.5. The fraction of sp³-hybridized carbons (Fsp3) is 0.547. The number of phenolic OH excluding ortho intramolecular Hbond substituents is 2. The minimum atomic E-state index is -1.14. The Kier molecular flexibility index (Phi) is 39.1. The van der Waals surface area contributed by atoms with Crippen LogP contribution in [0.5, 0.6) is 11.5 Å². The average Bonchev–Trinajstić information content (AvgIpc) is 1.59. The number of aromatic hydroxyl groups is 2. The number of nitrogens with one attached hydrogen (secondary N) is 4. The number of nitrogens with zero attached hydrogens (tertiary/aromatic N) is 10. The zero-order chi connectivity index (χ0) is 99.0. The summed E-state index contributed by atoms with van der Waals surface area (Å²) >= 11 is 5.74. The van der Waals surface area contributed by atoms with Gasteiger partial charge in [0.1, 0.15) is 60.1 Å². The van der Waals surface area contributed by atoms with Crippen molar-refractivity contribution < 1.29 is 72.7 Å². The number of halogens is 1. The first-order chi connectivity index (χ1) is 65.1. The van der Waals surface area contributed by atoms with E-state index in [9.17, 15) is 53.4 Å². The van der Waals surface area contributed by atoms with Crippen LogP contribution in [-0.2, 0) is 109 Å². The number of carbonyl (C=O) groups is 9. The van der Waals surface area contributed by atoms with Crippen LogP contribution in [0.3, 0.4) is 0 Å². The number of aliphatic hydroxyl groups excluding tert-OH is 1. The lowest BCUT2D eigenvalue weighted by molar-refractivity contribution is -0.156. The lowest BCUT2D eigenvalue weighted by Gasteiger charge is -2.36. The number of esters is 2. The quantitative estimate of drug-likeness (QED) is 0.0177. The summed E-state index contributed by atoms with van der Waals surface area (Å²) in [6.07, 6.45) is 11.3. The van der Waals surface area contributed by atoms with Gasteiger partial charge in [-0.15, -0.1) is 11.6 Å². The second-order valence-corrected chi connectivity index (χ2v) is 38.7. The summed E-state index contributed by atoms with van der Waals surface area (Å²) in [7, 11) is 4.19. The normalized spacial score (nSPS) is 18.3.